The topological polar surface area (TPSA) is 24.9 Å². The van der Waals surface area contributed by atoms with Gasteiger partial charge in [0, 0.05) is 29.1 Å². The summed E-state index contributed by atoms with van der Waals surface area (Å²) in [6.45, 7) is 9.81. The summed E-state index contributed by atoms with van der Waals surface area (Å²) >= 11 is 3.73. The predicted octanol–water partition coefficient (Wildman–Crippen LogP) is 3.59. The van der Waals surface area contributed by atoms with Crippen LogP contribution in [0.4, 0.5) is 0 Å². The molecule has 0 aliphatic rings. The van der Waals surface area contributed by atoms with Gasteiger partial charge >= 0.3 is 0 Å². The lowest BCUT2D eigenvalue weighted by Crippen LogP contribution is -2.21. The van der Waals surface area contributed by atoms with E-state index in [0.29, 0.717) is 12.0 Å². The van der Waals surface area contributed by atoms with E-state index in [1.54, 1.807) is 0 Å². The molecule has 1 heterocycles. The van der Waals surface area contributed by atoms with Crippen LogP contribution in [-0.2, 0) is 0 Å². The molecule has 0 aromatic carbocycles. The largest absolute Gasteiger partial charge is 0.309 e. The molecule has 0 spiro atoms. The Morgan fingerprint density at radius 1 is 1.38 bits per heavy atom. The van der Waals surface area contributed by atoms with E-state index in [1.807, 2.05) is 23.1 Å². The third-order valence-corrected chi connectivity index (χ3v) is 4.75. The van der Waals surface area contributed by atoms with E-state index in [1.165, 1.54) is 21.3 Å². The molecule has 0 aliphatic carbocycles. The molecule has 0 aliphatic heterocycles. The van der Waals surface area contributed by atoms with Crippen molar-refractivity contribution in [2.75, 3.05) is 18.6 Å². The van der Waals surface area contributed by atoms with Crippen molar-refractivity contribution in [3.63, 3.8) is 0 Å². The molecule has 16 heavy (non-hydrogen) atoms. The zero-order valence-electron chi connectivity index (χ0n) is 10.8. The molecule has 1 unspecified atom stereocenters. The molecule has 0 saturated heterocycles. The molecule has 92 valence electrons. The van der Waals surface area contributed by atoms with Crippen LogP contribution in [0.5, 0.6) is 0 Å². The van der Waals surface area contributed by atoms with Gasteiger partial charge in [0.25, 0.3) is 0 Å². The summed E-state index contributed by atoms with van der Waals surface area (Å²) in [5.74, 6) is 1.70. The highest BCUT2D eigenvalue weighted by Gasteiger charge is 2.15. The molecule has 1 rings (SSSR count). The average Bonchev–Trinajstić information content (AvgIpc) is 2.61. The molecule has 1 aromatic heterocycles. The van der Waals surface area contributed by atoms with E-state index < -0.39 is 0 Å². The number of aromatic nitrogens is 1. The van der Waals surface area contributed by atoms with E-state index in [9.17, 15) is 0 Å². The fourth-order valence-corrected chi connectivity index (χ4v) is 2.97. The first-order chi connectivity index (χ1) is 7.56. The zero-order chi connectivity index (χ0) is 12.1. The van der Waals surface area contributed by atoms with Gasteiger partial charge in [-0.1, -0.05) is 13.8 Å². The fraction of sp³-hybridized carbons (Fsp3) is 0.750. The first-order valence-corrected chi connectivity index (χ1v) is 7.96. The maximum atomic E-state index is 4.63. The molecule has 0 bridgehead atoms. The number of nitrogens with zero attached hydrogens (tertiary/aromatic N) is 1. The highest BCUT2D eigenvalue weighted by Crippen LogP contribution is 2.28. The van der Waals surface area contributed by atoms with Crippen LogP contribution in [0.3, 0.4) is 0 Å². The third-order valence-electron chi connectivity index (χ3n) is 2.49. The van der Waals surface area contributed by atoms with Crippen molar-refractivity contribution in [3.05, 3.63) is 15.6 Å². The monoisotopic (exact) mass is 258 g/mol. The van der Waals surface area contributed by atoms with E-state index in [4.69, 9.17) is 0 Å². The summed E-state index contributed by atoms with van der Waals surface area (Å²) in [7, 11) is 0. The molecule has 0 amide bonds. The normalized spacial score (nSPS) is 13.4. The van der Waals surface area contributed by atoms with Crippen molar-refractivity contribution in [2.24, 2.45) is 0 Å². The molecule has 1 aromatic rings. The van der Waals surface area contributed by atoms with E-state index in [-0.39, 0.29) is 0 Å². The van der Waals surface area contributed by atoms with Crippen LogP contribution < -0.4 is 5.32 Å². The van der Waals surface area contributed by atoms with Crippen LogP contribution in [0.25, 0.3) is 0 Å². The number of aryl methyl sites for hydroxylation is 1. The van der Waals surface area contributed by atoms with Gasteiger partial charge in [-0.2, -0.15) is 11.8 Å². The minimum absolute atomic E-state index is 0.428. The third kappa shape index (κ3) is 3.75. The first-order valence-electron chi connectivity index (χ1n) is 5.75. The zero-order valence-corrected chi connectivity index (χ0v) is 12.5. The van der Waals surface area contributed by atoms with Gasteiger partial charge in [0.1, 0.15) is 0 Å². The first kappa shape index (κ1) is 14.0. The van der Waals surface area contributed by atoms with Crippen LogP contribution >= 0.6 is 23.1 Å². The second-order valence-corrected chi connectivity index (χ2v) is 6.37. The Morgan fingerprint density at radius 2 is 2.06 bits per heavy atom. The standard InChI is InChI=1S/C12H22N2S2/c1-8(2)12-14-10(4)11(16-12)9(3)13-6-7-15-5/h8-9,13H,6-7H2,1-5H3. The van der Waals surface area contributed by atoms with Gasteiger partial charge in [0.15, 0.2) is 0 Å². The Hall–Kier alpha value is -0.0600. The van der Waals surface area contributed by atoms with Crippen molar-refractivity contribution >= 4 is 23.1 Å². The van der Waals surface area contributed by atoms with Crippen molar-refractivity contribution < 1.29 is 0 Å². The van der Waals surface area contributed by atoms with Crippen LogP contribution in [0.1, 0.15) is 48.3 Å². The van der Waals surface area contributed by atoms with E-state index >= 15 is 0 Å². The van der Waals surface area contributed by atoms with Gasteiger partial charge in [-0.25, -0.2) is 4.98 Å². The maximum Gasteiger partial charge on any atom is 0.0956 e. The molecule has 1 atom stereocenters. The summed E-state index contributed by atoms with van der Waals surface area (Å²) in [5.41, 5.74) is 1.19. The highest BCUT2D eigenvalue weighted by atomic mass is 32.2. The average molecular weight is 258 g/mol. The Balaban J connectivity index is 2.64. The Bertz CT molecular complexity index is 321. The minimum atomic E-state index is 0.428. The summed E-state index contributed by atoms with van der Waals surface area (Å²) in [6, 6.07) is 0.428. The van der Waals surface area contributed by atoms with Crippen LogP contribution in [0.2, 0.25) is 0 Å². The lowest BCUT2D eigenvalue weighted by Gasteiger charge is -2.11. The van der Waals surface area contributed by atoms with Crippen molar-refractivity contribution in [1.29, 1.82) is 0 Å². The predicted molar refractivity (Wildman–Crippen MR) is 75.7 cm³/mol. The van der Waals surface area contributed by atoms with Gasteiger partial charge in [-0.05, 0) is 20.1 Å². The minimum Gasteiger partial charge on any atom is -0.309 e. The molecule has 0 fully saturated rings. The second-order valence-electron chi connectivity index (χ2n) is 4.33. The number of thioether (sulfide) groups is 1. The molecule has 0 saturated carbocycles. The molecule has 1 N–H and O–H groups in total. The molecular weight excluding hydrogens is 236 g/mol. The van der Waals surface area contributed by atoms with Crippen molar-refractivity contribution in [2.45, 2.75) is 39.7 Å². The van der Waals surface area contributed by atoms with E-state index in [2.05, 4.69) is 44.3 Å². The number of nitrogens with one attached hydrogen (secondary N) is 1. The molecule has 0 radical (unpaired) electrons. The summed E-state index contributed by atoms with van der Waals surface area (Å²) in [4.78, 5) is 6.03. The number of rotatable bonds is 6. The number of hydrogen-bond acceptors (Lipinski definition) is 4. The second kappa shape index (κ2) is 6.62. The maximum absolute atomic E-state index is 4.63. The quantitative estimate of drug-likeness (QED) is 0.789. The van der Waals surface area contributed by atoms with Crippen LogP contribution in [-0.4, -0.2) is 23.5 Å². The summed E-state index contributed by atoms with van der Waals surface area (Å²) < 4.78 is 0. The Labute approximate surface area is 107 Å². The van der Waals surface area contributed by atoms with Gasteiger partial charge in [0.2, 0.25) is 0 Å². The highest BCUT2D eigenvalue weighted by molar-refractivity contribution is 7.98. The van der Waals surface area contributed by atoms with Gasteiger partial charge in [-0.3, -0.25) is 0 Å². The van der Waals surface area contributed by atoms with Crippen molar-refractivity contribution in [1.82, 2.24) is 10.3 Å². The van der Waals surface area contributed by atoms with E-state index in [0.717, 1.165) is 6.54 Å². The van der Waals surface area contributed by atoms with Gasteiger partial charge in [0.05, 0.1) is 10.7 Å². The lowest BCUT2D eigenvalue weighted by molar-refractivity contribution is 0.606. The fourth-order valence-electron chi connectivity index (χ4n) is 1.55. The van der Waals surface area contributed by atoms with Crippen LogP contribution in [0, 0.1) is 6.92 Å². The van der Waals surface area contributed by atoms with Gasteiger partial charge < -0.3 is 5.32 Å². The molecule has 2 nitrogen and oxygen atoms in total. The SMILES string of the molecule is CSCCNC(C)c1sc(C(C)C)nc1C. The lowest BCUT2D eigenvalue weighted by atomic mass is 10.2. The van der Waals surface area contributed by atoms with Crippen LogP contribution in [0.15, 0.2) is 0 Å². The Kier molecular flexibility index (Phi) is 5.79. The van der Waals surface area contributed by atoms with Crippen molar-refractivity contribution in [3.8, 4) is 0 Å². The Morgan fingerprint density at radius 3 is 2.56 bits per heavy atom. The smallest absolute Gasteiger partial charge is 0.0956 e. The number of thiazole rings is 1. The summed E-state index contributed by atoms with van der Waals surface area (Å²) in [6.07, 6.45) is 2.14. The number of hydrogen-bond donors (Lipinski definition) is 1. The summed E-state index contributed by atoms with van der Waals surface area (Å²) in [5, 5.41) is 4.80. The molecule has 4 heteroatoms. The molecular formula is C12H22N2S2. The van der Waals surface area contributed by atoms with Gasteiger partial charge in [-0.15, -0.1) is 11.3 Å².